The first-order valence-electron chi connectivity index (χ1n) is 8.36. The van der Waals surface area contributed by atoms with Gasteiger partial charge >= 0.3 is 0 Å². The molecule has 24 heavy (non-hydrogen) atoms. The number of carbonyl (C=O) groups is 1. The van der Waals surface area contributed by atoms with Crippen molar-refractivity contribution in [2.24, 2.45) is 0 Å². The Balaban J connectivity index is 1.79. The molecule has 128 valence electrons. The molecule has 1 saturated heterocycles. The molecule has 0 saturated carbocycles. The van der Waals surface area contributed by atoms with Crippen molar-refractivity contribution in [1.29, 1.82) is 0 Å². The fraction of sp³-hybridized carbons (Fsp3) is 0.444. The molecule has 2 N–H and O–H groups in total. The molecule has 3 heterocycles. The number of aromatic amines is 1. The topological polar surface area (TPSA) is 86.5 Å². The second kappa shape index (κ2) is 7.49. The second-order valence-electron chi connectivity index (χ2n) is 6.21. The van der Waals surface area contributed by atoms with Crippen molar-refractivity contribution in [3.63, 3.8) is 0 Å². The Bertz CT molecular complexity index is 723. The van der Waals surface area contributed by atoms with Gasteiger partial charge in [-0.05, 0) is 31.0 Å². The number of nitrogens with zero attached hydrogens (tertiary/aromatic N) is 1. The number of hydrogen-bond donors (Lipinski definition) is 2. The van der Waals surface area contributed by atoms with Crippen LogP contribution in [0.15, 0.2) is 45.9 Å². The number of pyridine rings is 1. The van der Waals surface area contributed by atoms with Crippen molar-refractivity contribution in [2.45, 2.75) is 44.2 Å². The van der Waals surface area contributed by atoms with Crippen molar-refractivity contribution in [3.05, 3.63) is 58.4 Å². The number of H-pyrrole nitrogens is 1. The van der Waals surface area contributed by atoms with Gasteiger partial charge in [0, 0.05) is 36.8 Å². The number of aliphatic hydroxyl groups excluding tert-OH is 1. The maximum Gasteiger partial charge on any atom is 0.254 e. The van der Waals surface area contributed by atoms with E-state index < -0.39 is 6.10 Å². The summed E-state index contributed by atoms with van der Waals surface area (Å²) in [7, 11) is 0. The lowest BCUT2D eigenvalue weighted by Crippen LogP contribution is -2.41. The summed E-state index contributed by atoms with van der Waals surface area (Å²) in [6.45, 7) is 0.640. The summed E-state index contributed by atoms with van der Waals surface area (Å²) < 4.78 is 5.27. The highest BCUT2D eigenvalue weighted by Crippen LogP contribution is 2.27. The zero-order chi connectivity index (χ0) is 16.9. The van der Waals surface area contributed by atoms with Crippen molar-refractivity contribution in [2.75, 3.05) is 6.54 Å². The average molecular weight is 330 g/mol. The first kappa shape index (κ1) is 16.5. The van der Waals surface area contributed by atoms with Gasteiger partial charge in [-0.15, -0.1) is 0 Å². The van der Waals surface area contributed by atoms with Crippen molar-refractivity contribution in [3.8, 4) is 0 Å². The molecular formula is C18H22N2O4. The summed E-state index contributed by atoms with van der Waals surface area (Å²) in [5.41, 5.74) is 0.0981. The van der Waals surface area contributed by atoms with Crippen LogP contribution < -0.4 is 5.56 Å². The molecule has 1 fully saturated rings. The van der Waals surface area contributed by atoms with Gasteiger partial charge in [0.1, 0.15) is 11.9 Å². The minimum atomic E-state index is -0.738. The van der Waals surface area contributed by atoms with Crippen LogP contribution in [0.25, 0.3) is 0 Å². The summed E-state index contributed by atoms with van der Waals surface area (Å²) in [4.78, 5) is 28.7. The fourth-order valence-corrected chi connectivity index (χ4v) is 3.29. The monoisotopic (exact) mass is 330 g/mol. The van der Waals surface area contributed by atoms with Crippen LogP contribution in [-0.2, 0) is 0 Å². The van der Waals surface area contributed by atoms with Crippen LogP contribution in [0, 0.1) is 0 Å². The van der Waals surface area contributed by atoms with Gasteiger partial charge in [0.15, 0.2) is 0 Å². The molecule has 0 unspecified atom stereocenters. The largest absolute Gasteiger partial charge is 0.467 e. The van der Waals surface area contributed by atoms with Crippen LogP contribution in [-0.4, -0.2) is 33.5 Å². The summed E-state index contributed by atoms with van der Waals surface area (Å²) in [6, 6.07) is 6.36. The van der Waals surface area contributed by atoms with E-state index in [0.717, 1.165) is 25.7 Å². The molecule has 1 amide bonds. The van der Waals surface area contributed by atoms with E-state index in [-0.39, 0.29) is 17.5 Å². The highest BCUT2D eigenvalue weighted by molar-refractivity contribution is 5.94. The number of hydrogen-bond acceptors (Lipinski definition) is 4. The van der Waals surface area contributed by atoms with Crippen LogP contribution in [0.2, 0.25) is 0 Å². The van der Waals surface area contributed by atoms with Crippen LogP contribution in [0.1, 0.15) is 54.3 Å². The van der Waals surface area contributed by atoms with E-state index in [1.54, 1.807) is 23.1 Å². The number of aromatic nitrogens is 1. The Morgan fingerprint density at radius 2 is 2.25 bits per heavy atom. The van der Waals surface area contributed by atoms with Gasteiger partial charge in [0.25, 0.3) is 5.91 Å². The summed E-state index contributed by atoms with van der Waals surface area (Å²) in [6.07, 6.45) is 6.57. The van der Waals surface area contributed by atoms with Crippen molar-refractivity contribution < 1.29 is 14.3 Å². The Morgan fingerprint density at radius 1 is 1.38 bits per heavy atom. The minimum Gasteiger partial charge on any atom is -0.467 e. The SMILES string of the molecule is O=C(c1cc[nH]c(=O)c1)N1CCCCC[C@@H]1C[C@@H](O)c1ccco1. The van der Waals surface area contributed by atoms with Gasteiger partial charge in [-0.1, -0.05) is 12.8 Å². The van der Waals surface area contributed by atoms with Crippen molar-refractivity contribution in [1.82, 2.24) is 9.88 Å². The Labute approximate surface area is 140 Å². The molecule has 1 aliphatic heterocycles. The molecule has 1 aliphatic rings. The molecule has 0 bridgehead atoms. The third-order valence-corrected chi connectivity index (χ3v) is 4.53. The summed E-state index contributed by atoms with van der Waals surface area (Å²) in [5.74, 6) is 0.363. The molecule has 6 heteroatoms. The zero-order valence-electron chi connectivity index (χ0n) is 13.5. The molecule has 2 aromatic heterocycles. The highest BCUT2D eigenvalue weighted by atomic mass is 16.4. The number of likely N-dealkylation sites (tertiary alicyclic amines) is 1. The van der Waals surface area contributed by atoms with Gasteiger partial charge in [0.05, 0.1) is 6.26 Å². The van der Waals surface area contributed by atoms with Crippen LogP contribution >= 0.6 is 0 Å². The molecule has 0 aromatic carbocycles. The molecule has 0 radical (unpaired) electrons. The molecule has 3 rings (SSSR count). The fourth-order valence-electron chi connectivity index (χ4n) is 3.29. The first-order chi connectivity index (χ1) is 11.6. The second-order valence-corrected chi connectivity index (χ2v) is 6.21. The predicted molar refractivity (Wildman–Crippen MR) is 88.6 cm³/mol. The molecule has 0 aliphatic carbocycles. The first-order valence-corrected chi connectivity index (χ1v) is 8.36. The quantitative estimate of drug-likeness (QED) is 0.901. The number of carbonyl (C=O) groups excluding carboxylic acids is 1. The van der Waals surface area contributed by atoms with Gasteiger partial charge in [-0.3, -0.25) is 9.59 Å². The lowest BCUT2D eigenvalue weighted by Gasteiger charge is -2.31. The van der Waals surface area contributed by atoms with Crippen molar-refractivity contribution >= 4 is 5.91 Å². The number of amides is 1. The van der Waals surface area contributed by atoms with E-state index in [4.69, 9.17) is 4.42 Å². The van der Waals surface area contributed by atoms with Gasteiger partial charge < -0.3 is 19.4 Å². The number of rotatable bonds is 4. The average Bonchev–Trinajstić information content (AvgIpc) is 3.02. The third kappa shape index (κ3) is 3.76. The standard InChI is InChI=1S/C18H22N2O4/c21-15(16-6-4-10-24-16)12-14-5-2-1-3-9-20(14)18(23)13-7-8-19-17(22)11-13/h4,6-8,10-11,14-15,21H,1-3,5,9,12H2,(H,19,22)/t14-,15-/m1/s1. The number of nitrogens with one attached hydrogen (secondary N) is 1. The third-order valence-electron chi connectivity index (χ3n) is 4.53. The van der Waals surface area contributed by atoms with E-state index in [0.29, 0.717) is 24.3 Å². The van der Waals surface area contributed by atoms with Crippen LogP contribution in [0.3, 0.4) is 0 Å². The van der Waals surface area contributed by atoms with Gasteiger partial charge in [0.2, 0.25) is 5.56 Å². The highest BCUT2D eigenvalue weighted by Gasteiger charge is 2.29. The van der Waals surface area contributed by atoms with Crippen LogP contribution in [0.5, 0.6) is 0 Å². The van der Waals surface area contributed by atoms with E-state index >= 15 is 0 Å². The van der Waals surface area contributed by atoms with E-state index in [9.17, 15) is 14.7 Å². The van der Waals surface area contributed by atoms with E-state index in [1.165, 1.54) is 18.5 Å². The maximum absolute atomic E-state index is 12.9. The summed E-state index contributed by atoms with van der Waals surface area (Å²) in [5, 5.41) is 10.4. The Hall–Kier alpha value is -2.34. The molecule has 2 aromatic rings. The normalized spacial score (nSPS) is 19.7. The lowest BCUT2D eigenvalue weighted by atomic mass is 10.0. The molecule has 2 atom stereocenters. The Kier molecular flexibility index (Phi) is 5.15. The predicted octanol–water partition coefficient (Wildman–Crippen LogP) is 2.48. The molecule has 0 spiro atoms. The Morgan fingerprint density at radius 3 is 3.00 bits per heavy atom. The lowest BCUT2D eigenvalue weighted by molar-refractivity contribution is 0.0557. The molecular weight excluding hydrogens is 308 g/mol. The van der Waals surface area contributed by atoms with E-state index in [2.05, 4.69) is 4.98 Å². The van der Waals surface area contributed by atoms with Crippen LogP contribution in [0.4, 0.5) is 0 Å². The van der Waals surface area contributed by atoms with Gasteiger partial charge in [-0.25, -0.2) is 0 Å². The van der Waals surface area contributed by atoms with Gasteiger partial charge in [-0.2, -0.15) is 0 Å². The molecule has 6 nitrogen and oxygen atoms in total. The minimum absolute atomic E-state index is 0.0700. The number of aliphatic hydroxyl groups is 1. The maximum atomic E-state index is 12.9. The zero-order valence-corrected chi connectivity index (χ0v) is 13.5. The van der Waals surface area contributed by atoms with E-state index in [1.807, 2.05) is 0 Å². The summed E-state index contributed by atoms with van der Waals surface area (Å²) >= 11 is 0. The number of furan rings is 1. The smallest absolute Gasteiger partial charge is 0.254 e.